The second-order valence-corrected chi connectivity index (χ2v) is 5.09. The molecule has 1 atom stereocenters. The summed E-state index contributed by atoms with van der Waals surface area (Å²) in [5.74, 6) is 0.703. The average molecular weight is 297 g/mol. The molecule has 2 aromatic rings. The van der Waals surface area contributed by atoms with E-state index in [9.17, 15) is 13.2 Å². The number of nitrogens with one attached hydrogen (secondary N) is 1. The molecular formula is C14H14F3N3O. The number of hydrogen-bond acceptors (Lipinski definition) is 4. The lowest BCUT2D eigenvalue weighted by molar-refractivity contribution is -0.134. The maximum Gasteiger partial charge on any atom is 0.389 e. The molecule has 1 aromatic carbocycles. The molecule has 1 aliphatic rings. The van der Waals surface area contributed by atoms with E-state index in [0.717, 1.165) is 12.2 Å². The van der Waals surface area contributed by atoms with Crippen LogP contribution in [0.5, 0.6) is 0 Å². The molecule has 0 amide bonds. The number of benzene rings is 1. The van der Waals surface area contributed by atoms with Crippen LogP contribution in [0.1, 0.15) is 29.6 Å². The molecule has 21 heavy (non-hydrogen) atoms. The van der Waals surface area contributed by atoms with E-state index in [1.54, 1.807) is 0 Å². The first-order valence-corrected chi connectivity index (χ1v) is 6.72. The van der Waals surface area contributed by atoms with Crippen molar-refractivity contribution in [1.82, 2.24) is 10.1 Å². The predicted molar refractivity (Wildman–Crippen MR) is 70.1 cm³/mol. The van der Waals surface area contributed by atoms with Crippen LogP contribution in [0.3, 0.4) is 0 Å². The van der Waals surface area contributed by atoms with Gasteiger partial charge in [-0.15, -0.1) is 0 Å². The molecule has 2 heterocycles. The van der Waals surface area contributed by atoms with E-state index in [0.29, 0.717) is 12.3 Å². The van der Waals surface area contributed by atoms with Gasteiger partial charge in [0.25, 0.3) is 0 Å². The van der Waals surface area contributed by atoms with Crippen molar-refractivity contribution in [3.8, 4) is 0 Å². The SMILES string of the molecule is FC(F)(F)CCc1noc(CC2CNc3ccccc32)n1. The molecule has 1 unspecified atom stereocenters. The summed E-state index contributed by atoms with van der Waals surface area (Å²) in [6, 6.07) is 7.94. The van der Waals surface area contributed by atoms with Crippen LogP contribution in [-0.4, -0.2) is 22.9 Å². The molecule has 0 aliphatic carbocycles. The summed E-state index contributed by atoms with van der Waals surface area (Å²) < 4.78 is 41.5. The summed E-state index contributed by atoms with van der Waals surface area (Å²) in [4.78, 5) is 4.04. The van der Waals surface area contributed by atoms with Gasteiger partial charge in [0.2, 0.25) is 5.89 Å². The van der Waals surface area contributed by atoms with E-state index in [1.807, 2.05) is 24.3 Å². The van der Waals surface area contributed by atoms with Crippen LogP contribution >= 0.6 is 0 Å². The summed E-state index contributed by atoms with van der Waals surface area (Å²) in [5, 5.41) is 6.89. The molecule has 0 spiro atoms. The van der Waals surface area contributed by atoms with Crippen LogP contribution in [-0.2, 0) is 12.8 Å². The average Bonchev–Trinajstić information content (AvgIpc) is 3.04. The minimum absolute atomic E-state index is 0.113. The van der Waals surface area contributed by atoms with Crippen molar-refractivity contribution >= 4 is 5.69 Å². The summed E-state index contributed by atoms with van der Waals surface area (Å²) in [6.07, 6.45) is -4.84. The number of halogens is 3. The van der Waals surface area contributed by atoms with Crippen LogP contribution in [0.4, 0.5) is 18.9 Å². The summed E-state index contributed by atoms with van der Waals surface area (Å²) in [6.45, 7) is 0.764. The van der Waals surface area contributed by atoms with Gasteiger partial charge in [-0.3, -0.25) is 0 Å². The van der Waals surface area contributed by atoms with Gasteiger partial charge >= 0.3 is 6.18 Å². The lowest BCUT2D eigenvalue weighted by atomic mass is 9.98. The molecule has 1 N–H and O–H groups in total. The van der Waals surface area contributed by atoms with Crippen molar-refractivity contribution in [2.24, 2.45) is 0 Å². The predicted octanol–water partition coefficient (Wildman–Crippen LogP) is 3.32. The first-order valence-electron chi connectivity index (χ1n) is 6.72. The highest BCUT2D eigenvalue weighted by molar-refractivity contribution is 5.57. The third-order valence-electron chi connectivity index (χ3n) is 3.50. The van der Waals surface area contributed by atoms with E-state index >= 15 is 0 Å². The van der Waals surface area contributed by atoms with E-state index < -0.39 is 12.6 Å². The van der Waals surface area contributed by atoms with Crippen LogP contribution in [0.2, 0.25) is 0 Å². The number of aryl methyl sites for hydroxylation is 1. The van der Waals surface area contributed by atoms with Gasteiger partial charge < -0.3 is 9.84 Å². The van der Waals surface area contributed by atoms with Crippen molar-refractivity contribution in [1.29, 1.82) is 0 Å². The first kappa shape index (κ1) is 13.9. The summed E-state index contributed by atoms with van der Waals surface area (Å²) in [5.41, 5.74) is 2.26. The fraction of sp³-hybridized carbons (Fsp3) is 0.429. The van der Waals surface area contributed by atoms with Gasteiger partial charge in [-0.25, -0.2) is 0 Å². The molecule has 7 heteroatoms. The minimum atomic E-state index is -4.20. The van der Waals surface area contributed by atoms with Gasteiger partial charge in [-0.05, 0) is 11.6 Å². The highest BCUT2D eigenvalue weighted by Gasteiger charge is 2.28. The maximum absolute atomic E-state index is 12.1. The Morgan fingerprint density at radius 2 is 2.10 bits per heavy atom. The maximum atomic E-state index is 12.1. The van der Waals surface area contributed by atoms with Gasteiger partial charge in [0, 0.05) is 31.0 Å². The second-order valence-electron chi connectivity index (χ2n) is 5.09. The molecule has 1 aromatic heterocycles. The Morgan fingerprint density at radius 3 is 2.90 bits per heavy atom. The van der Waals surface area contributed by atoms with Crippen molar-refractivity contribution in [2.45, 2.75) is 31.4 Å². The van der Waals surface area contributed by atoms with Gasteiger partial charge in [-0.2, -0.15) is 18.2 Å². The van der Waals surface area contributed by atoms with E-state index in [4.69, 9.17) is 4.52 Å². The highest BCUT2D eigenvalue weighted by Crippen LogP contribution is 2.33. The van der Waals surface area contributed by atoms with Crippen LogP contribution in [0.15, 0.2) is 28.8 Å². The quantitative estimate of drug-likeness (QED) is 0.940. The van der Waals surface area contributed by atoms with Crippen molar-refractivity contribution < 1.29 is 17.7 Å². The highest BCUT2D eigenvalue weighted by atomic mass is 19.4. The van der Waals surface area contributed by atoms with Crippen molar-refractivity contribution in [3.05, 3.63) is 41.5 Å². The minimum Gasteiger partial charge on any atom is -0.384 e. The molecule has 1 aliphatic heterocycles. The van der Waals surface area contributed by atoms with Crippen LogP contribution in [0.25, 0.3) is 0 Å². The standard InChI is InChI=1S/C14H14F3N3O/c15-14(16,17)6-5-12-19-13(21-20-12)7-9-8-18-11-4-2-1-3-10(9)11/h1-4,9,18H,5-8H2. The van der Waals surface area contributed by atoms with Crippen LogP contribution in [0, 0.1) is 0 Å². The second kappa shape index (κ2) is 5.38. The summed E-state index contributed by atoms with van der Waals surface area (Å²) in [7, 11) is 0. The van der Waals surface area contributed by atoms with E-state index in [2.05, 4.69) is 15.5 Å². The number of aromatic nitrogens is 2. The Labute approximate surface area is 119 Å². The Balaban J connectivity index is 1.63. The third kappa shape index (κ3) is 3.34. The Kier molecular flexibility index (Phi) is 3.57. The largest absolute Gasteiger partial charge is 0.389 e. The third-order valence-corrected chi connectivity index (χ3v) is 3.50. The smallest absolute Gasteiger partial charge is 0.384 e. The lowest BCUT2D eigenvalue weighted by Gasteiger charge is -2.05. The molecule has 0 radical (unpaired) electrons. The van der Waals surface area contributed by atoms with E-state index in [1.165, 1.54) is 5.56 Å². The van der Waals surface area contributed by atoms with Crippen LogP contribution < -0.4 is 5.32 Å². The molecule has 0 bridgehead atoms. The number of rotatable bonds is 4. The molecule has 0 saturated heterocycles. The first-order chi connectivity index (χ1) is 10.0. The topological polar surface area (TPSA) is 51.0 Å². The molecule has 0 saturated carbocycles. The summed E-state index contributed by atoms with van der Waals surface area (Å²) >= 11 is 0. The molecule has 4 nitrogen and oxygen atoms in total. The number of alkyl halides is 3. The molecule has 112 valence electrons. The monoisotopic (exact) mass is 297 g/mol. The zero-order valence-electron chi connectivity index (χ0n) is 11.2. The van der Waals surface area contributed by atoms with Gasteiger partial charge in [-0.1, -0.05) is 23.4 Å². The Hall–Kier alpha value is -2.05. The molecule has 0 fully saturated rings. The number of nitrogens with zero attached hydrogens (tertiary/aromatic N) is 2. The Morgan fingerprint density at radius 1 is 1.29 bits per heavy atom. The van der Waals surface area contributed by atoms with E-state index in [-0.39, 0.29) is 18.2 Å². The number of fused-ring (bicyclic) bond motifs is 1. The fourth-order valence-electron chi connectivity index (χ4n) is 2.48. The fourth-order valence-corrected chi connectivity index (χ4v) is 2.48. The number of hydrogen-bond donors (Lipinski definition) is 1. The van der Waals surface area contributed by atoms with Gasteiger partial charge in [0.1, 0.15) is 0 Å². The molecule has 3 rings (SSSR count). The van der Waals surface area contributed by atoms with Gasteiger partial charge in [0.05, 0.1) is 6.42 Å². The van der Waals surface area contributed by atoms with Crippen molar-refractivity contribution in [2.75, 3.05) is 11.9 Å². The zero-order chi connectivity index (χ0) is 14.9. The van der Waals surface area contributed by atoms with Crippen molar-refractivity contribution in [3.63, 3.8) is 0 Å². The lowest BCUT2D eigenvalue weighted by Crippen LogP contribution is -2.09. The zero-order valence-corrected chi connectivity index (χ0v) is 11.2. The Bertz CT molecular complexity index is 624. The number of para-hydroxylation sites is 1. The normalized spacial score (nSPS) is 17.6. The number of anilines is 1. The molecular weight excluding hydrogens is 283 g/mol. The van der Waals surface area contributed by atoms with Gasteiger partial charge in [0.15, 0.2) is 5.82 Å².